The molecule has 1 saturated carbocycles. The van der Waals surface area contributed by atoms with E-state index in [0.717, 1.165) is 21.5 Å². The minimum Gasteiger partial charge on any atom is -0.398 e. The van der Waals surface area contributed by atoms with E-state index < -0.39 is 0 Å². The molecule has 1 aliphatic carbocycles. The second-order valence-electron chi connectivity index (χ2n) is 5.09. The highest BCUT2D eigenvalue weighted by Gasteiger charge is 2.19. The summed E-state index contributed by atoms with van der Waals surface area (Å²) >= 11 is 3.42. The van der Waals surface area contributed by atoms with Gasteiger partial charge in [0.15, 0.2) is 5.82 Å². The normalized spacial score (nSPS) is 16.7. The Hall–Kier alpha value is -1.36. The molecule has 0 amide bonds. The lowest BCUT2D eigenvalue weighted by Gasteiger charge is -2.24. The third kappa shape index (κ3) is 2.52. The highest BCUT2D eigenvalue weighted by molar-refractivity contribution is 9.10. The first-order chi connectivity index (χ1) is 9.25. The first-order valence-corrected chi connectivity index (χ1v) is 7.50. The van der Waals surface area contributed by atoms with Crippen molar-refractivity contribution in [2.24, 2.45) is 0 Å². The van der Waals surface area contributed by atoms with E-state index in [-0.39, 0.29) is 0 Å². The second-order valence-corrected chi connectivity index (χ2v) is 5.94. The van der Waals surface area contributed by atoms with Gasteiger partial charge < -0.3 is 10.3 Å². The molecule has 0 atom stereocenters. The van der Waals surface area contributed by atoms with Crippen LogP contribution in [-0.2, 0) is 0 Å². The summed E-state index contributed by atoms with van der Waals surface area (Å²) in [4.78, 5) is 0. The third-order valence-electron chi connectivity index (χ3n) is 3.80. The van der Waals surface area contributed by atoms with Crippen LogP contribution in [0.4, 0.5) is 5.69 Å². The molecule has 1 aliphatic rings. The molecule has 2 aromatic rings. The van der Waals surface area contributed by atoms with Gasteiger partial charge in [0.2, 0.25) is 0 Å². The second kappa shape index (κ2) is 5.33. The number of benzene rings is 1. The molecular formula is C14H17BrN4. The molecule has 1 aromatic heterocycles. The summed E-state index contributed by atoms with van der Waals surface area (Å²) in [5, 5.41) is 8.36. The lowest BCUT2D eigenvalue weighted by molar-refractivity contribution is 0.355. The van der Waals surface area contributed by atoms with Crippen LogP contribution in [0.1, 0.15) is 38.1 Å². The van der Waals surface area contributed by atoms with Crippen molar-refractivity contribution in [3.63, 3.8) is 0 Å². The molecule has 4 nitrogen and oxygen atoms in total. The van der Waals surface area contributed by atoms with E-state index in [4.69, 9.17) is 5.73 Å². The van der Waals surface area contributed by atoms with E-state index in [0.29, 0.717) is 6.04 Å². The lowest BCUT2D eigenvalue weighted by Crippen LogP contribution is -2.13. The average Bonchev–Trinajstić information content (AvgIpc) is 2.92. The largest absolute Gasteiger partial charge is 0.398 e. The smallest absolute Gasteiger partial charge is 0.164 e. The van der Waals surface area contributed by atoms with Gasteiger partial charge in [0.05, 0.1) is 0 Å². The number of nitrogen functional groups attached to an aromatic ring is 1. The van der Waals surface area contributed by atoms with Crippen LogP contribution >= 0.6 is 15.9 Å². The molecule has 0 saturated heterocycles. The van der Waals surface area contributed by atoms with Crippen LogP contribution < -0.4 is 5.73 Å². The highest BCUT2D eigenvalue weighted by Crippen LogP contribution is 2.32. The maximum Gasteiger partial charge on any atom is 0.164 e. The maximum atomic E-state index is 5.95. The zero-order valence-corrected chi connectivity index (χ0v) is 12.3. The molecule has 0 bridgehead atoms. The summed E-state index contributed by atoms with van der Waals surface area (Å²) in [7, 11) is 0. The van der Waals surface area contributed by atoms with E-state index in [2.05, 4.69) is 30.7 Å². The molecule has 3 rings (SSSR count). The minimum absolute atomic E-state index is 0.531. The first-order valence-electron chi connectivity index (χ1n) is 6.70. The predicted octanol–water partition coefficient (Wildman–Crippen LogP) is 3.80. The van der Waals surface area contributed by atoms with Gasteiger partial charge in [-0.1, -0.05) is 19.3 Å². The van der Waals surface area contributed by atoms with Gasteiger partial charge >= 0.3 is 0 Å². The Bertz CT molecular complexity index is 573. The third-order valence-corrected chi connectivity index (χ3v) is 4.52. The van der Waals surface area contributed by atoms with Gasteiger partial charge in [-0.15, -0.1) is 10.2 Å². The zero-order chi connectivity index (χ0) is 13.2. The topological polar surface area (TPSA) is 56.7 Å². The number of anilines is 1. The Morgan fingerprint density at radius 2 is 2.00 bits per heavy atom. The molecule has 0 unspecified atom stereocenters. The molecule has 19 heavy (non-hydrogen) atoms. The molecule has 0 radical (unpaired) electrons. The quantitative estimate of drug-likeness (QED) is 0.856. The van der Waals surface area contributed by atoms with Crippen molar-refractivity contribution in [1.82, 2.24) is 14.8 Å². The van der Waals surface area contributed by atoms with Gasteiger partial charge in [0.1, 0.15) is 6.33 Å². The summed E-state index contributed by atoms with van der Waals surface area (Å²) < 4.78 is 3.13. The number of nitrogens with zero attached hydrogens (tertiary/aromatic N) is 3. The number of hydrogen-bond donors (Lipinski definition) is 1. The van der Waals surface area contributed by atoms with Gasteiger partial charge in [-0.05, 0) is 47.0 Å². The molecule has 1 heterocycles. The monoisotopic (exact) mass is 320 g/mol. The maximum absolute atomic E-state index is 5.95. The van der Waals surface area contributed by atoms with Crippen molar-refractivity contribution in [2.45, 2.75) is 38.1 Å². The first kappa shape index (κ1) is 12.7. The number of rotatable bonds is 2. The van der Waals surface area contributed by atoms with Crippen molar-refractivity contribution in [3.05, 3.63) is 29.0 Å². The molecule has 0 aliphatic heterocycles. The highest BCUT2D eigenvalue weighted by atomic mass is 79.9. The van der Waals surface area contributed by atoms with Crippen LogP contribution in [0, 0.1) is 0 Å². The van der Waals surface area contributed by atoms with Gasteiger partial charge in [0, 0.05) is 21.8 Å². The molecular weight excluding hydrogens is 304 g/mol. The van der Waals surface area contributed by atoms with Crippen LogP contribution in [0.2, 0.25) is 0 Å². The van der Waals surface area contributed by atoms with Crippen molar-refractivity contribution < 1.29 is 0 Å². The summed E-state index contributed by atoms with van der Waals surface area (Å²) in [6, 6.07) is 6.48. The van der Waals surface area contributed by atoms with E-state index in [1.165, 1.54) is 32.1 Å². The van der Waals surface area contributed by atoms with Gasteiger partial charge in [0.25, 0.3) is 0 Å². The van der Waals surface area contributed by atoms with Crippen LogP contribution in [0.5, 0.6) is 0 Å². The van der Waals surface area contributed by atoms with Crippen molar-refractivity contribution in [2.75, 3.05) is 5.73 Å². The Labute approximate surface area is 121 Å². The number of nitrogens with two attached hydrogens (primary N) is 1. The Balaban J connectivity index is 1.96. The molecule has 100 valence electrons. The fourth-order valence-electron chi connectivity index (χ4n) is 2.76. The van der Waals surface area contributed by atoms with Crippen LogP contribution in [0.3, 0.4) is 0 Å². The Morgan fingerprint density at radius 3 is 2.74 bits per heavy atom. The fraction of sp³-hybridized carbons (Fsp3) is 0.429. The predicted molar refractivity (Wildman–Crippen MR) is 79.7 cm³/mol. The van der Waals surface area contributed by atoms with Crippen LogP contribution in [0.25, 0.3) is 11.4 Å². The molecule has 5 heteroatoms. The summed E-state index contributed by atoms with van der Waals surface area (Å²) in [5.41, 5.74) is 7.71. The van der Waals surface area contributed by atoms with E-state index in [1.807, 2.05) is 24.5 Å². The van der Waals surface area contributed by atoms with Gasteiger partial charge in [-0.3, -0.25) is 0 Å². The van der Waals surface area contributed by atoms with Crippen LogP contribution in [-0.4, -0.2) is 14.8 Å². The van der Waals surface area contributed by atoms with Crippen molar-refractivity contribution >= 4 is 21.6 Å². The lowest BCUT2D eigenvalue weighted by atomic mass is 9.95. The van der Waals surface area contributed by atoms with Crippen LogP contribution in [0.15, 0.2) is 29.0 Å². The molecule has 2 N–H and O–H groups in total. The molecule has 1 fully saturated rings. The summed E-state index contributed by atoms with van der Waals surface area (Å²) in [5.74, 6) is 0.922. The van der Waals surface area contributed by atoms with Gasteiger partial charge in [-0.2, -0.15) is 0 Å². The number of hydrogen-bond acceptors (Lipinski definition) is 3. The summed E-state index contributed by atoms with van der Waals surface area (Å²) in [6.07, 6.45) is 8.23. The SMILES string of the molecule is Nc1cc(-c2nncn2C2CCCCC2)ccc1Br. The standard InChI is InChI=1S/C14H17BrN4/c15-12-7-6-10(8-13(12)16)14-18-17-9-19(14)11-4-2-1-3-5-11/h6-9,11H,1-5,16H2. The van der Waals surface area contributed by atoms with Gasteiger partial charge in [-0.25, -0.2) is 0 Å². The average molecular weight is 321 g/mol. The Kier molecular flexibility index (Phi) is 3.55. The minimum atomic E-state index is 0.531. The number of aromatic nitrogens is 3. The van der Waals surface area contributed by atoms with Crippen molar-refractivity contribution in [3.8, 4) is 11.4 Å². The summed E-state index contributed by atoms with van der Waals surface area (Å²) in [6.45, 7) is 0. The van der Waals surface area contributed by atoms with E-state index >= 15 is 0 Å². The van der Waals surface area contributed by atoms with E-state index in [9.17, 15) is 0 Å². The fourth-order valence-corrected chi connectivity index (χ4v) is 3.01. The Morgan fingerprint density at radius 1 is 1.21 bits per heavy atom. The van der Waals surface area contributed by atoms with Crippen molar-refractivity contribution in [1.29, 1.82) is 0 Å². The number of halogens is 1. The zero-order valence-electron chi connectivity index (χ0n) is 10.7. The molecule has 1 aromatic carbocycles. The molecule has 0 spiro atoms. The van der Waals surface area contributed by atoms with E-state index in [1.54, 1.807) is 0 Å².